The largest absolute Gasteiger partial charge is 0.462 e. The normalized spacial score (nSPS) is 27.7. The molecular weight excluding hydrogens is 231 g/mol. The van der Waals surface area contributed by atoms with Crippen LogP contribution in [0.2, 0.25) is 0 Å². The van der Waals surface area contributed by atoms with Gasteiger partial charge in [-0.3, -0.25) is 4.79 Å². The number of cyclic esters (lactones) is 1. The quantitative estimate of drug-likeness (QED) is 0.394. The third-order valence-electron chi connectivity index (χ3n) is 1.38. The maximum atomic E-state index is 10.6. The van der Waals surface area contributed by atoms with Gasteiger partial charge in [-0.05, 0) is 12.8 Å². The zero-order valence-electron chi connectivity index (χ0n) is 5.10. The van der Waals surface area contributed by atoms with E-state index in [-0.39, 0.29) is 12.1 Å². The monoisotopic (exact) mass is 240 g/mol. The van der Waals surface area contributed by atoms with Crippen LogP contribution in [0.1, 0.15) is 19.3 Å². The van der Waals surface area contributed by atoms with E-state index in [0.29, 0.717) is 6.42 Å². The minimum atomic E-state index is -0.0251. The molecule has 0 aromatic rings. The molecule has 0 aromatic carbocycles. The number of ether oxygens (including phenoxy) is 1. The number of esters is 1. The van der Waals surface area contributed by atoms with Crippen molar-refractivity contribution < 1.29 is 9.53 Å². The highest BCUT2D eigenvalue weighted by atomic mass is 127. The van der Waals surface area contributed by atoms with Crippen LogP contribution >= 0.6 is 22.6 Å². The molecule has 3 heteroatoms. The molecule has 0 saturated carbocycles. The van der Waals surface area contributed by atoms with Crippen molar-refractivity contribution in [1.82, 2.24) is 0 Å². The van der Waals surface area contributed by atoms with Gasteiger partial charge in [0, 0.05) is 10.8 Å². The fourth-order valence-electron chi connectivity index (χ4n) is 0.886. The Balaban J connectivity index is 2.32. The van der Waals surface area contributed by atoms with E-state index in [2.05, 4.69) is 22.6 Å². The molecule has 1 rings (SSSR count). The van der Waals surface area contributed by atoms with E-state index in [4.69, 9.17) is 4.74 Å². The highest BCUT2D eigenvalue weighted by Gasteiger charge is 2.18. The summed E-state index contributed by atoms with van der Waals surface area (Å²) >= 11 is 2.24. The maximum Gasteiger partial charge on any atom is 0.306 e. The number of hydrogen-bond donors (Lipinski definition) is 0. The number of rotatable bonds is 1. The minimum absolute atomic E-state index is 0.0251. The van der Waals surface area contributed by atoms with Crippen molar-refractivity contribution in [1.29, 1.82) is 0 Å². The molecule has 0 N–H and O–H groups in total. The van der Waals surface area contributed by atoms with Gasteiger partial charge in [-0.15, -0.1) is 0 Å². The highest BCUT2D eigenvalue weighted by molar-refractivity contribution is 14.1. The van der Waals surface area contributed by atoms with Crippen LogP contribution in [0.15, 0.2) is 0 Å². The molecule has 0 radical (unpaired) electrons. The van der Waals surface area contributed by atoms with E-state index in [9.17, 15) is 4.79 Å². The standard InChI is InChI=1S/C6H9IO2/c7-4-5-2-1-3-6(8)9-5/h5H,1-4H2/t5-/m0/s1. The molecule has 52 valence electrons. The molecule has 1 atom stereocenters. The Bertz CT molecular complexity index is 114. The molecule has 1 aliphatic rings. The van der Waals surface area contributed by atoms with E-state index in [0.717, 1.165) is 17.3 Å². The summed E-state index contributed by atoms with van der Waals surface area (Å²) in [5.74, 6) is -0.0251. The zero-order valence-corrected chi connectivity index (χ0v) is 7.26. The molecule has 2 nitrogen and oxygen atoms in total. The zero-order chi connectivity index (χ0) is 6.69. The van der Waals surface area contributed by atoms with E-state index < -0.39 is 0 Å². The van der Waals surface area contributed by atoms with Crippen molar-refractivity contribution in [2.24, 2.45) is 0 Å². The van der Waals surface area contributed by atoms with Gasteiger partial charge >= 0.3 is 5.97 Å². The van der Waals surface area contributed by atoms with Gasteiger partial charge in [0.25, 0.3) is 0 Å². The summed E-state index contributed by atoms with van der Waals surface area (Å²) in [5.41, 5.74) is 0. The summed E-state index contributed by atoms with van der Waals surface area (Å²) in [6, 6.07) is 0. The van der Waals surface area contributed by atoms with Crippen LogP contribution in [-0.2, 0) is 9.53 Å². The first-order valence-electron chi connectivity index (χ1n) is 3.08. The lowest BCUT2D eigenvalue weighted by Gasteiger charge is -2.19. The van der Waals surface area contributed by atoms with Crippen molar-refractivity contribution in [3.05, 3.63) is 0 Å². The van der Waals surface area contributed by atoms with Gasteiger partial charge in [-0.2, -0.15) is 0 Å². The third-order valence-corrected chi connectivity index (χ3v) is 2.36. The SMILES string of the molecule is O=C1CCC[C@@H](CI)O1. The molecule has 0 bridgehead atoms. The Morgan fingerprint density at radius 3 is 3.00 bits per heavy atom. The van der Waals surface area contributed by atoms with Crippen molar-refractivity contribution in [2.45, 2.75) is 25.4 Å². The predicted molar refractivity (Wildman–Crippen MR) is 42.6 cm³/mol. The van der Waals surface area contributed by atoms with E-state index in [1.165, 1.54) is 0 Å². The van der Waals surface area contributed by atoms with Crippen molar-refractivity contribution in [2.75, 3.05) is 4.43 Å². The summed E-state index contributed by atoms with van der Waals surface area (Å²) in [4.78, 5) is 10.6. The fraction of sp³-hybridized carbons (Fsp3) is 0.833. The third kappa shape index (κ3) is 2.12. The fourth-order valence-corrected chi connectivity index (χ4v) is 1.51. The molecule has 0 spiro atoms. The van der Waals surface area contributed by atoms with Crippen molar-refractivity contribution in [3.63, 3.8) is 0 Å². The Morgan fingerprint density at radius 2 is 2.56 bits per heavy atom. The number of alkyl halides is 1. The van der Waals surface area contributed by atoms with Gasteiger partial charge in [-0.1, -0.05) is 22.6 Å². The van der Waals surface area contributed by atoms with Crippen molar-refractivity contribution >= 4 is 28.6 Å². The smallest absolute Gasteiger partial charge is 0.306 e. The molecule has 0 amide bonds. The van der Waals surface area contributed by atoms with Gasteiger partial charge in [0.15, 0.2) is 0 Å². The van der Waals surface area contributed by atoms with Crippen LogP contribution < -0.4 is 0 Å². The second kappa shape index (κ2) is 3.39. The maximum absolute atomic E-state index is 10.6. The van der Waals surface area contributed by atoms with Gasteiger partial charge in [0.2, 0.25) is 0 Å². The lowest BCUT2D eigenvalue weighted by Crippen LogP contribution is -2.24. The van der Waals surface area contributed by atoms with Crippen LogP contribution in [0.25, 0.3) is 0 Å². The Kier molecular flexibility index (Phi) is 2.75. The first kappa shape index (κ1) is 7.31. The number of carbonyl (C=O) groups is 1. The molecule has 1 saturated heterocycles. The van der Waals surface area contributed by atoms with Crippen LogP contribution in [0.3, 0.4) is 0 Å². The van der Waals surface area contributed by atoms with Crippen LogP contribution in [0.4, 0.5) is 0 Å². The summed E-state index contributed by atoms with van der Waals surface area (Å²) in [7, 11) is 0. The summed E-state index contributed by atoms with van der Waals surface area (Å²) < 4.78 is 5.92. The summed E-state index contributed by atoms with van der Waals surface area (Å²) in [6.07, 6.45) is 2.88. The molecule has 1 fully saturated rings. The number of halogens is 1. The topological polar surface area (TPSA) is 26.3 Å². The van der Waals surface area contributed by atoms with Gasteiger partial charge in [0.1, 0.15) is 6.10 Å². The first-order chi connectivity index (χ1) is 4.33. The van der Waals surface area contributed by atoms with Crippen LogP contribution in [-0.4, -0.2) is 16.5 Å². The molecule has 0 aliphatic carbocycles. The van der Waals surface area contributed by atoms with Crippen LogP contribution in [0.5, 0.6) is 0 Å². The molecule has 0 aromatic heterocycles. The lowest BCUT2D eigenvalue weighted by atomic mass is 10.1. The summed E-state index contributed by atoms with van der Waals surface area (Å²) in [5, 5.41) is 0. The average Bonchev–Trinajstić information content (AvgIpc) is 1.88. The molecule has 9 heavy (non-hydrogen) atoms. The van der Waals surface area contributed by atoms with E-state index in [1.54, 1.807) is 0 Å². The molecule has 1 aliphatic heterocycles. The first-order valence-corrected chi connectivity index (χ1v) is 4.61. The van der Waals surface area contributed by atoms with Gasteiger partial charge < -0.3 is 4.74 Å². The Morgan fingerprint density at radius 1 is 1.78 bits per heavy atom. The second-order valence-electron chi connectivity index (χ2n) is 2.16. The molecule has 0 unspecified atom stereocenters. The minimum Gasteiger partial charge on any atom is -0.462 e. The average molecular weight is 240 g/mol. The lowest BCUT2D eigenvalue weighted by molar-refractivity contribution is -0.151. The van der Waals surface area contributed by atoms with Gasteiger partial charge in [-0.25, -0.2) is 0 Å². The second-order valence-corrected chi connectivity index (χ2v) is 3.04. The Hall–Kier alpha value is 0.200. The van der Waals surface area contributed by atoms with Crippen LogP contribution in [0, 0.1) is 0 Å². The molecule has 1 heterocycles. The number of hydrogen-bond acceptors (Lipinski definition) is 2. The predicted octanol–water partition coefficient (Wildman–Crippen LogP) is 1.52. The van der Waals surface area contributed by atoms with E-state index in [1.807, 2.05) is 0 Å². The van der Waals surface area contributed by atoms with Gasteiger partial charge in [0.05, 0.1) is 0 Å². The van der Waals surface area contributed by atoms with Crippen molar-refractivity contribution in [3.8, 4) is 0 Å². The molecular formula is C6H9IO2. The van der Waals surface area contributed by atoms with E-state index >= 15 is 0 Å². The highest BCUT2D eigenvalue weighted by Crippen LogP contribution is 2.15. The summed E-state index contributed by atoms with van der Waals surface area (Å²) in [6.45, 7) is 0. The number of carbonyl (C=O) groups excluding carboxylic acids is 1. The Labute approximate surface area is 68.1 Å².